The number of esters is 1. The number of aliphatic hydroxyl groups excluding tert-OH is 1. The van der Waals surface area contributed by atoms with Crippen molar-refractivity contribution in [3.63, 3.8) is 0 Å². The second kappa shape index (κ2) is 7.11. The molecule has 0 aromatic carbocycles. The van der Waals surface area contributed by atoms with Crippen LogP contribution in [0.5, 0.6) is 0 Å². The summed E-state index contributed by atoms with van der Waals surface area (Å²) >= 11 is 0. The minimum Gasteiger partial charge on any atom is -0.469 e. The largest absolute Gasteiger partial charge is 0.469 e. The van der Waals surface area contributed by atoms with E-state index in [1.165, 1.54) is 20.0 Å². The predicted molar refractivity (Wildman–Crippen MR) is 107 cm³/mol. The summed E-state index contributed by atoms with van der Waals surface area (Å²) in [5.74, 6) is 2.97. The molecule has 0 amide bonds. The molecule has 4 aliphatic carbocycles. The SMILES string of the molecule is COC(=O)C[C@@H](C)[C@H]1CC[C@H]2[C@@H]3[C@@H](O)C[C@@H]4CC(=O)CC[C@]4(C)[C@H]3CC[C@]12C. The Morgan fingerprint density at radius 2 is 1.89 bits per heavy atom. The van der Waals surface area contributed by atoms with Crippen LogP contribution in [0, 0.1) is 46.3 Å². The van der Waals surface area contributed by atoms with E-state index in [1.807, 2.05) is 0 Å². The fraction of sp³-hybridized carbons (Fsp3) is 0.917. The Kier molecular flexibility index (Phi) is 5.17. The molecule has 0 saturated heterocycles. The van der Waals surface area contributed by atoms with Crippen molar-refractivity contribution >= 4 is 11.8 Å². The van der Waals surface area contributed by atoms with E-state index in [0.717, 1.165) is 32.1 Å². The van der Waals surface area contributed by atoms with Gasteiger partial charge in [-0.05, 0) is 84.9 Å². The summed E-state index contributed by atoms with van der Waals surface area (Å²) in [5.41, 5.74) is 0.429. The Balaban J connectivity index is 1.58. The summed E-state index contributed by atoms with van der Waals surface area (Å²) < 4.78 is 4.93. The minimum atomic E-state index is -0.270. The number of aliphatic hydroxyl groups is 1. The van der Waals surface area contributed by atoms with E-state index in [2.05, 4.69) is 20.8 Å². The lowest BCUT2D eigenvalue weighted by Gasteiger charge is -2.61. The van der Waals surface area contributed by atoms with Crippen LogP contribution in [0.1, 0.15) is 78.6 Å². The van der Waals surface area contributed by atoms with Crippen LogP contribution >= 0.6 is 0 Å². The third-order valence-electron chi connectivity index (χ3n) is 9.98. The maximum absolute atomic E-state index is 12.1. The zero-order valence-corrected chi connectivity index (χ0v) is 18.1. The molecule has 0 aromatic heterocycles. The molecule has 0 spiro atoms. The second-order valence-corrected chi connectivity index (χ2v) is 11.0. The molecule has 0 bridgehead atoms. The Hall–Kier alpha value is -0.900. The molecule has 4 nitrogen and oxygen atoms in total. The number of ketones is 1. The van der Waals surface area contributed by atoms with Gasteiger partial charge in [0, 0.05) is 19.3 Å². The van der Waals surface area contributed by atoms with Crippen molar-refractivity contribution in [2.24, 2.45) is 46.3 Å². The number of fused-ring (bicyclic) bond motifs is 5. The molecule has 4 saturated carbocycles. The Morgan fingerprint density at radius 3 is 2.61 bits per heavy atom. The van der Waals surface area contributed by atoms with Crippen molar-refractivity contribution in [1.82, 2.24) is 0 Å². The molecule has 0 aromatic rings. The Labute approximate surface area is 169 Å². The number of methoxy groups -OCH3 is 1. The number of ether oxygens (including phenoxy) is 1. The highest BCUT2D eigenvalue weighted by atomic mass is 16.5. The number of hydrogen-bond donors (Lipinski definition) is 1. The van der Waals surface area contributed by atoms with Crippen LogP contribution < -0.4 is 0 Å². The average Bonchev–Trinajstić information content (AvgIpc) is 3.00. The quantitative estimate of drug-likeness (QED) is 0.726. The number of carbonyl (C=O) groups excluding carboxylic acids is 2. The van der Waals surface area contributed by atoms with Crippen LogP contribution in [0.3, 0.4) is 0 Å². The summed E-state index contributed by atoms with van der Waals surface area (Å²) in [4.78, 5) is 23.9. The van der Waals surface area contributed by atoms with E-state index < -0.39 is 0 Å². The first-order chi connectivity index (χ1) is 13.2. The monoisotopic (exact) mass is 390 g/mol. The highest BCUT2D eigenvalue weighted by Crippen LogP contribution is 2.68. The van der Waals surface area contributed by atoms with Gasteiger partial charge in [0.1, 0.15) is 5.78 Å². The molecule has 0 heterocycles. The van der Waals surface area contributed by atoms with Crippen molar-refractivity contribution in [3.05, 3.63) is 0 Å². The molecular weight excluding hydrogens is 352 g/mol. The van der Waals surface area contributed by atoms with Crippen LogP contribution in [0.15, 0.2) is 0 Å². The minimum absolute atomic E-state index is 0.104. The predicted octanol–water partition coefficient (Wildman–Crippen LogP) is 4.38. The first-order valence-electron chi connectivity index (χ1n) is 11.5. The third-order valence-corrected chi connectivity index (χ3v) is 9.98. The normalized spacial score (nSPS) is 49.0. The average molecular weight is 391 g/mol. The van der Waals surface area contributed by atoms with Gasteiger partial charge in [-0.2, -0.15) is 0 Å². The zero-order valence-electron chi connectivity index (χ0n) is 18.1. The summed E-state index contributed by atoms with van der Waals surface area (Å²) in [6, 6.07) is 0. The summed E-state index contributed by atoms with van der Waals surface area (Å²) in [7, 11) is 1.48. The van der Waals surface area contributed by atoms with Crippen LogP contribution in [0.25, 0.3) is 0 Å². The van der Waals surface area contributed by atoms with E-state index in [0.29, 0.717) is 54.1 Å². The maximum Gasteiger partial charge on any atom is 0.305 e. The molecule has 0 radical (unpaired) electrons. The molecule has 0 aliphatic heterocycles. The van der Waals surface area contributed by atoms with Crippen molar-refractivity contribution in [3.8, 4) is 0 Å². The van der Waals surface area contributed by atoms with Crippen LogP contribution in [0.2, 0.25) is 0 Å². The van der Waals surface area contributed by atoms with E-state index in [9.17, 15) is 14.7 Å². The molecule has 158 valence electrons. The Bertz CT molecular complexity index is 645. The van der Waals surface area contributed by atoms with Gasteiger partial charge >= 0.3 is 5.97 Å². The lowest BCUT2D eigenvalue weighted by molar-refractivity contribution is -0.169. The molecule has 4 heteroatoms. The van der Waals surface area contributed by atoms with Crippen LogP contribution in [-0.4, -0.2) is 30.1 Å². The molecule has 0 unspecified atom stereocenters. The second-order valence-electron chi connectivity index (χ2n) is 11.0. The lowest BCUT2D eigenvalue weighted by atomic mass is 9.44. The molecule has 4 fully saturated rings. The topological polar surface area (TPSA) is 63.6 Å². The van der Waals surface area contributed by atoms with Gasteiger partial charge in [0.15, 0.2) is 0 Å². The first-order valence-corrected chi connectivity index (χ1v) is 11.5. The van der Waals surface area contributed by atoms with Gasteiger partial charge in [-0.1, -0.05) is 20.8 Å². The van der Waals surface area contributed by atoms with Crippen molar-refractivity contribution in [2.45, 2.75) is 84.7 Å². The van der Waals surface area contributed by atoms with Crippen LogP contribution in [-0.2, 0) is 14.3 Å². The molecule has 4 aliphatic rings. The number of Topliss-reactive ketones (excluding diaryl/α,β-unsaturated/α-hetero) is 1. The van der Waals surface area contributed by atoms with Gasteiger partial charge in [0.25, 0.3) is 0 Å². The first kappa shape index (κ1) is 20.4. The maximum atomic E-state index is 12.1. The standard InChI is InChI=1S/C24H38O4/c1-14(11-21(27)28-4)17-5-6-18-22-19(8-10-24(17,18)3)23(2)9-7-16(25)12-15(23)13-20(22)26/h14-15,17-20,22,26H,5-13H2,1-4H3/t14-,15+,17-,18+,19+,20+,22+,23+,24-/m1/s1. The molecule has 9 atom stereocenters. The summed E-state index contributed by atoms with van der Waals surface area (Å²) in [6.07, 6.45) is 8.14. The molecule has 4 rings (SSSR count). The summed E-state index contributed by atoms with van der Waals surface area (Å²) in [5, 5.41) is 11.2. The van der Waals surface area contributed by atoms with Gasteiger partial charge in [-0.25, -0.2) is 0 Å². The number of hydrogen-bond acceptors (Lipinski definition) is 4. The zero-order chi connectivity index (χ0) is 20.3. The van der Waals surface area contributed by atoms with Gasteiger partial charge < -0.3 is 9.84 Å². The lowest BCUT2D eigenvalue weighted by Crippen LogP contribution is -2.58. The van der Waals surface area contributed by atoms with E-state index in [4.69, 9.17) is 4.74 Å². The van der Waals surface area contributed by atoms with Gasteiger partial charge in [0.05, 0.1) is 13.2 Å². The third kappa shape index (κ3) is 2.97. The molecule has 28 heavy (non-hydrogen) atoms. The highest BCUT2D eigenvalue weighted by molar-refractivity contribution is 5.79. The van der Waals surface area contributed by atoms with E-state index in [-0.39, 0.29) is 22.9 Å². The summed E-state index contributed by atoms with van der Waals surface area (Å²) in [6.45, 7) is 7.07. The molecule has 1 N–H and O–H groups in total. The van der Waals surface area contributed by atoms with Crippen LogP contribution in [0.4, 0.5) is 0 Å². The number of carbonyl (C=O) groups is 2. The van der Waals surface area contributed by atoms with Gasteiger partial charge in [0.2, 0.25) is 0 Å². The molecular formula is C24H38O4. The van der Waals surface area contributed by atoms with Crippen molar-refractivity contribution < 1.29 is 19.4 Å². The van der Waals surface area contributed by atoms with E-state index in [1.54, 1.807) is 0 Å². The Morgan fingerprint density at radius 1 is 1.18 bits per heavy atom. The van der Waals surface area contributed by atoms with Crippen molar-refractivity contribution in [1.29, 1.82) is 0 Å². The fourth-order valence-corrected chi connectivity index (χ4v) is 8.48. The van der Waals surface area contributed by atoms with E-state index >= 15 is 0 Å². The van der Waals surface area contributed by atoms with Gasteiger partial charge in [-0.15, -0.1) is 0 Å². The highest BCUT2D eigenvalue weighted by Gasteiger charge is 2.62. The smallest absolute Gasteiger partial charge is 0.305 e. The number of rotatable bonds is 3. The van der Waals surface area contributed by atoms with Gasteiger partial charge in [-0.3, -0.25) is 9.59 Å². The van der Waals surface area contributed by atoms with Crippen molar-refractivity contribution in [2.75, 3.05) is 7.11 Å². The fourth-order valence-electron chi connectivity index (χ4n) is 8.48.